The average Bonchev–Trinajstić information content (AvgIpc) is 3.59. The summed E-state index contributed by atoms with van der Waals surface area (Å²) in [4.78, 5) is 15.8. The predicted octanol–water partition coefficient (Wildman–Crippen LogP) is 13.2. The lowest BCUT2D eigenvalue weighted by molar-refractivity contribution is 0.768. The van der Waals surface area contributed by atoms with Gasteiger partial charge in [-0.1, -0.05) is 200 Å². The SMILES string of the molecule is c1ccc(-c2nc(-c3ccc4c(c3)C(c3ccccc3)(c3ccccc3)c3ccccc3-4)nc(-c3ccc(-c4cccc5ccccc45)c4ccccc34)n2)cc1. The molecule has 0 fully saturated rings. The van der Waals surface area contributed by atoms with Gasteiger partial charge in [0.05, 0.1) is 5.41 Å². The van der Waals surface area contributed by atoms with Crippen molar-refractivity contribution >= 4 is 21.5 Å². The first-order chi connectivity index (χ1) is 28.3. The zero-order valence-electron chi connectivity index (χ0n) is 31.0. The maximum atomic E-state index is 5.35. The Hall–Kier alpha value is -7.49. The van der Waals surface area contributed by atoms with Crippen LogP contribution < -0.4 is 0 Å². The van der Waals surface area contributed by atoms with Crippen LogP contribution >= 0.6 is 0 Å². The quantitative estimate of drug-likeness (QED) is 0.171. The molecule has 0 unspecified atom stereocenters. The van der Waals surface area contributed by atoms with Gasteiger partial charge in [-0.05, 0) is 78.2 Å². The van der Waals surface area contributed by atoms with Crippen molar-refractivity contribution in [2.24, 2.45) is 0 Å². The van der Waals surface area contributed by atoms with Gasteiger partial charge in [0.25, 0.3) is 0 Å². The second-order valence-electron chi connectivity index (χ2n) is 14.7. The van der Waals surface area contributed by atoms with Gasteiger partial charge in [-0.15, -0.1) is 0 Å². The van der Waals surface area contributed by atoms with Crippen LogP contribution in [0, 0.1) is 0 Å². The van der Waals surface area contributed by atoms with Gasteiger partial charge in [-0.3, -0.25) is 0 Å². The number of hydrogen-bond acceptors (Lipinski definition) is 3. The molecule has 1 heterocycles. The molecule has 0 N–H and O–H groups in total. The van der Waals surface area contributed by atoms with Crippen LogP contribution in [0.25, 0.3) is 78.0 Å². The van der Waals surface area contributed by atoms with Gasteiger partial charge in [-0.2, -0.15) is 0 Å². The Morgan fingerprint density at radius 1 is 0.281 bits per heavy atom. The van der Waals surface area contributed by atoms with E-state index < -0.39 is 5.41 Å². The highest BCUT2D eigenvalue weighted by Crippen LogP contribution is 2.56. The number of aromatic nitrogens is 3. The summed E-state index contributed by atoms with van der Waals surface area (Å²) in [5.74, 6) is 1.91. The Balaban J connectivity index is 1.15. The molecule has 0 saturated heterocycles. The molecule has 0 spiro atoms. The average molecular weight is 726 g/mol. The van der Waals surface area contributed by atoms with E-state index in [2.05, 4.69) is 194 Å². The van der Waals surface area contributed by atoms with Crippen LogP contribution in [0.5, 0.6) is 0 Å². The van der Waals surface area contributed by atoms with E-state index in [0.29, 0.717) is 17.5 Å². The second-order valence-corrected chi connectivity index (χ2v) is 14.7. The van der Waals surface area contributed by atoms with E-state index in [1.807, 2.05) is 18.2 Å². The van der Waals surface area contributed by atoms with Crippen molar-refractivity contribution in [3.05, 3.63) is 235 Å². The van der Waals surface area contributed by atoms with E-state index in [1.54, 1.807) is 0 Å². The maximum Gasteiger partial charge on any atom is 0.164 e. The number of fused-ring (bicyclic) bond motifs is 5. The molecule has 3 nitrogen and oxygen atoms in total. The molecule has 1 aliphatic carbocycles. The van der Waals surface area contributed by atoms with E-state index in [4.69, 9.17) is 15.0 Å². The molecule has 10 aromatic rings. The monoisotopic (exact) mass is 725 g/mol. The Morgan fingerprint density at radius 2 is 0.754 bits per heavy atom. The first-order valence-corrected chi connectivity index (χ1v) is 19.4. The Morgan fingerprint density at radius 3 is 1.49 bits per heavy atom. The van der Waals surface area contributed by atoms with Crippen LogP contribution in [-0.2, 0) is 5.41 Å². The van der Waals surface area contributed by atoms with Crippen molar-refractivity contribution < 1.29 is 0 Å². The fourth-order valence-electron chi connectivity index (χ4n) is 9.11. The molecule has 3 heteroatoms. The summed E-state index contributed by atoms with van der Waals surface area (Å²) in [6, 6.07) is 75.8. The van der Waals surface area contributed by atoms with Crippen molar-refractivity contribution in [3.8, 4) is 56.4 Å². The summed E-state index contributed by atoms with van der Waals surface area (Å²) < 4.78 is 0. The zero-order chi connectivity index (χ0) is 37.8. The number of hydrogen-bond donors (Lipinski definition) is 0. The number of nitrogens with zero attached hydrogens (tertiary/aromatic N) is 3. The summed E-state index contributed by atoms with van der Waals surface area (Å²) in [5.41, 5.74) is 12.1. The van der Waals surface area contributed by atoms with Crippen LogP contribution in [0.4, 0.5) is 0 Å². The van der Waals surface area contributed by atoms with Gasteiger partial charge < -0.3 is 0 Å². The second kappa shape index (κ2) is 13.4. The summed E-state index contributed by atoms with van der Waals surface area (Å²) in [5, 5.41) is 4.70. The van der Waals surface area contributed by atoms with Gasteiger partial charge >= 0.3 is 0 Å². The Labute approximate surface area is 331 Å². The van der Waals surface area contributed by atoms with E-state index in [1.165, 1.54) is 55.3 Å². The lowest BCUT2D eigenvalue weighted by Gasteiger charge is -2.34. The van der Waals surface area contributed by atoms with Crippen molar-refractivity contribution in [1.29, 1.82) is 0 Å². The molecule has 0 saturated carbocycles. The van der Waals surface area contributed by atoms with Crippen molar-refractivity contribution in [3.63, 3.8) is 0 Å². The van der Waals surface area contributed by atoms with Crippen LogP contribution in [-0.4, -0.2) is 15.0 Å². The molecule has 0 amide bonds. The van der Waals surface area contributed by atoms with Gasteiger partial charge in [0.2, 0.25) is 0 Å². The molecular weight excluding hydrogens is 691 g/mol. The predicted molar refractivity (Wildman–Crippen MR) is 234 cm³/mol. The lowest BCUT2D eigenvalue weighted by atomic mass is 9.67. The van der Waals surface area contributed by atoms with Crippen LogP contribution in [0.15, 0.2) is 212 Å². The summed E-state index contributed by atoms with van der Waals surface area (Å²) in [7, 11) is 0. The molecule has 9 aromatic carbocycles. The van der Waals surface area contributed by atoms with Crippen LogP contribution in [0.1, 0.15) is 22.3 Å². The standard InChI is InChI=1S/C54H35N3/c1-4-18-37(19-5-1)51-55-52(57-53(56-51)48-34-33-45(43-26-12-13-27-44(43)48)42-29-16-20-36-17-10-11-25-41(36)42)38-31-32-47-46-28-14-15-30-49(46)54(50(47)35-38,39-21-6-2-7-22-39)40-23-8-3-9-24-40/h1-35H. The first-order valence-electron chi connectivity index (χ1n) is 19.4. The molecule has 0 radical (unpaired) electrons. The van der Waals surface area contributed by atoms with Gasteiger partial charge in [0.1, 0.15) is 0 Å². The molecule has 57 heavy (non-hydrogen) atoms. The minimum absolute atomic E-state index is 0.532. The third kappa shape index (κ3) is 5.24. The molecule has 0 bridgehead atoms. The molecular formula is C54H35N3. The summed E-state index contributed by atoms with van der Waals surface area (Å²) in [6.45, 7) is 0. The molecule has 11 rings (SSSR count). The van der Waals surface area contributed by atoms with Crippen molar-refractivity contribution in [1.82, 2.24) is 15.0 Å². The smallest absolute Gasteiger partial charge is 0.164 e. The van der Waals surface area contributed by atoms with E-state index in [9.17, 15) is 0 Å². The molecule has 0 aliphatic heterocycles. The fraction of sp³-hybridized carbons (Fsp3) is 0.0185. The van der Waals surface area contributed by atoms with Gasteiger partial charge in [0, 0.05) is 16.7 Å². The molecule has 266 valence electrons. The minimum Gasteiger partial charge on any atom is -0.208 e. The van der Waals surface area contributed by atoms with Gasteiger partial charge in [-0.25, -0.2) is 15.0 Å². The molecule has 1 aromatic heterocycles. The summed E-state index contributed by atoms with van der Waals surface area (Å²) >= 11 is 0. The van der Waals surface area contributed by atoms with Crippen molar-refractivity contribution in [2.45, 2.75) is 5.41 Å². The van der Waals surface area contributed by atoms with Crippen molar-refractivity contribution in [2.75, 3.05) is 0 Å². The maximum absolute atomic E-state index is 5.35. The Kier molecular flexibility index (Phi) is 7.71. The van der Waals surface area contributed by atoms with E-state index in [0.717, 1.165) is 27.5 Å². The highest BCUT2D eigenvalue weighted by atomic mass is 15.0. The largest absolute Gasteiger partial charge is 0.208 e. The van der Waals surface area contributed by atoms with E-state index in [-0.39, 0.29) is 0 Å². The molecule has 1 aliphatic rings. The summed E-state index contributed by atoms with van der Waals surface area (Å²) in [6.07, 6.45) is 0. The van der Waals surface area contributed by atoms with Crippen LogP contribution in [0.3, 0.4) is 0 Å². The lowest BCUT2D eigenvalue weighted by Crippen LogP contribution is -2.28. The third-order valence-corrected chi connectivity index (χ3v) is 11.6. The number of rotatable bonds is 6. The fourth-order valence-corrected chi connectivity index (χ4v) is 9.11. The highest BCUT2D eigenvalue weighted by Gasteiger charge is 2.46. The number of benzene rings is 9. The van der Waals surface area contributed by atoms with E-state index >= 15 is 0 Å². The molecule has 0 atom stereocenters. The normalized spacial score (nSPS) is 12.7. The third-order valence-electron chi connectivity index (χ3n) is 11.6. The highest BCUT2D eigenvalue weighted by molar-refractivity contribution is 6.09. The zero-order valence-corrected chi connectivity index (χ0v) is 31.0. The first kappa shape index (κ1) is 32.9. The topological polar surface area (TPSA) is 38.7 Å². The van der Waals surface area contributed by atoms with Gasteiger partial charge in [0.15, 0.2) is 17.5 Å². The Bertz CT molecular complexity index is 3070. The van der Waals surface area contributed by atoms with Crippen LogP contribution in [0.2, 0.25) is 0 Å². The minimum atomic E-state index is -0.532.